The first-order valence-electron chi connectivity index (χ1n) is 6.81. The largest absolute Gasteiger partial charge is 0.467 e. The van der Waals surface area contributed by atoms with Crippen molar-refractivity contribution in [2.45, 2.75) is 31.3 Å². The lowest BCUT2D eigenvalue weighted by Gasteiger charge is -2.25. The minimum Gasteiger partial charge on any atom is -0.467 e. The number of benzene rings is 1. The summed E-state index contributed by atoms with van der Waals surface area (Å²) < 4.78 is 4.74. The highest BCUT2D eigenvalue weighted by atomic mass is 16.5. The van der Waals surface area contributed by atoms with Gasteiger partial charge in [0, 0.05) is 6.54 Å². The standard InChI is InChI=1S/C15H20N2O3/c1-20-15(19)13-8-5-9-17(13)14(18)12(16)10-11-6-3-2-4-7-11/h2-4,6-7,12-13H,5,8-10,16H2,1H3/t12?,13-/m0/s1. The van der Waals surface area contributed by atoms with E-state index in [1.807, 2.05) is 30.3 Å². The van der Waals surface area contributed by atoms with Crippen molar-refractivity contribution in [1.29, 1.82) is 0 Å². The van der Waals surface area contributed by atoms with Gasteiger partial charge in [0.25, 0.3) is 0 Å². The van der Waals surface area contributed by atoms with E-state index in [4.69, 9.17) is 10.5 Å². The van der Waals surface area contributed by atoms with E-state index in [1.165, 1.54) is 7.11 Å². The molecule has 108 valence electrons. The van der Waals surface area contributed by atoms with E-state index in [2.05, 4.69) is 0 Å². The highest BCUT2D eigenvalue weighted by molar-refractivity contribution is 5.88. The van der Waals surface area contributed by atoms with Crippen LogP contribution in [0, 0.1) is 0 Å². The molecule has 0 aliphatic carbocycles. The number of nitrogens with two attached hydrogens (primary N) is 1. The number of hydrogen-bond donors (Lipinski definition) is 1. The Kier molecular flexibility index (Phi) is 4.74. The van der Waals surface area contributed by atoms with E-state index in [0.717, 1.165) is 12.0 Å². The smallest absolute Gasteiger partial charge is 0.328 e. The van der Waals surface area contributed by atoms with Crippen molar-refractivity contribution in [3.05, 3.63) is 35.9 Å². The van der Waals surface area contributed by atoms with Crippen molar-refractivity contribution in [3.63, 3.8) is 0 Å². The highest BCUT2D eigenvalue weighted by Gasteiger charge is 2.36. The summed E-state index contributed by atoms with van der Waals surface area (Å²) in [5.41, 5.74) is 7.01. The maximum atomic E-state index is 12.4. The molecule has 20 heavy (non-hydrogen) atoms. The van der Waals surface area contributed by atoms with Crippen LogP contribution in [0.3, 0.4) is 0 Å². The molecule has 1 fully saturated rings. The molecule has 0 radical (unpaired) electrons. The fraction of sp³-hybridized carbons (Fsp3) is 0.467. The first-order chi connectivity index (χ1) is 9.63. The van der Waals surface area contributed by atoms with Crippen molar-refractivity contribution in [3.8, 4) is 0 Å². The maximum Gasteiger partial charge on any atom is 0.328 e. The number of nitrogens with zero attached hydrogens (tertiary/aromatic N) is 1. The molecule has 1 aromatic carbocycles. The molecule has 0 saturated carbocycles. The first-order valence-corrected chi connectivity index (χ1v) is 6.81. The van der Waals surface area contributed by atoms with Crippen LogP contribution in [0.5, 0.6) is 0 Å². The summed E-state index contributed by atoms with van der Waals surface area (Å²) in [5.74, 6) is -0.537. The molecule has 5 heteroatoms. The molecular formula is C15H20N2O3. The van der Waals surface area contributed by atoms with E-state index in [0.29, 0.717) is 19.4 Å². The summed E-state index contributed by atoms with van der Waals surface area (Å²) in [6.45, 7) is 0.571. The van der Waals surface area contributed by atoms with Gasteiger partial charge < -0.3 is 15.4 Å². The summed E-state index contributed by atoms with van der Waals surface area (Å²) in [5, 5.41) is 0. The Labute approximate surface area is 118 Å². The summed E-state index contributed by atoms with van der Waals surface area (Å²) >= 11 is 0. The van der Waals surface area contributed by atoms with Crippen LogP contribution in [-0.4, -0.2) is 42.5 Å². The lowest BCUT2D eigenvalue weighted by atomic mass is 10.1. The van der Waals surface area contributed by atoms with Gasteiger partial charge in [0.15, 0.2) is 0 Å². The summed E-state index contributed by atoms with van der Waals surface area (Å²) in [6.07, 6.45) is 1.93. The van der Waals surface area contributed by atoms with Crippen LogP contribution in [0.25, 0.3) is 0 Å². The van der Waals surface area contributed by atoms with Gasteiger partial charge in [-0.25, -0.2) is 4.79 Å². The summed E-state index contributed by atoms with van der Waals surface area (Å²) in [7, 11) is 1.34. The van der Waals surface area contributed by atoms with Gasteiger partial charge in [-0.3, -0.25) is 4.79 Å². The van der Waals surface area contributed by atoms with E-state index in [9.17, 15) is 9.59 Å². The molecule has 5 nitrogen and oxygen atoms in total. The van der Waals surface area contributed by atoms with Crippen molar-refractivity contribution >= 4 is 11.9 Å². The molecule has 2 N–H and O–H groups in total. The van der Waals surface area contributed by atoms with Crippen LogP contribution in [0.1, 0.15) is 18.4 Å². The molecule has 0 aromatic heterocycles. The number of hydrogen-bond acceptors (Lipinski definition) is 4. The Morgan fingerprint density at radius 3 is 2.75 bits per heavy atom. The normalized spacial score (nSPS) is 19.7. The molecule has 1 unspecified atom stereocenters. The van der Waals surface area contributed by atoms with Crippen molar-refractivity contribution in [2.24, 2.45) is 5.73 Å². The average molecular weight is 276 g/mol. The lowest BCUT2D eigenvalue weighted by molar-refractivity contribution is -0.151. The zero-order valence-corrected chi connectivity index (χ0v) is 11.6. The second kappa shape index (κ2) is 6.52. The topological polar surface area (TPSA) is 72.6 Å². The average Bonchev–Trinajstić information content (AvgIpc) is 2.96. The monoisotopic (exact) mass is 276 g/mol. The Bertz CT molecular complexity index is 475. The molecule has 2 rings (SSSR count). The molecule has 2 atom stereocenters. The number of likely N-dealkylation sites (tertiary alicyclic amines) is 1. The maximum absolute atomic E-state index is 12.4. The van der Waals surface area contributed by atoms with Crippen molar-refractivity contribution in [2.75, 3.05) is 13.7 Å². The van der Waals surface area contributed by atoms with Gasteiger partial charge in [0.2, 0.25) is 5.91 Å². The lowest BCUT2D eigenvalue weighted by Crippen LogP contribution is -2.49. The Morgan fingerprint density at radius 2 is 2.10 bits per heavy atom. The molecule has 1 heterocycles. The second-order valence-electron chi connectivity index (χ2n) is 5.01. The molecule has 0 spiro atoms. The summed E-state index contributed by atoms with van der Waals surface area (Å²) in [6, 6.07) is 8.53. The van der Waals surface area contributed by atoms with E-state index in [-0.39, 0.29) is 11.9 Å². The van der Waals surface area contributed by atoms with Gasteiger partial charge in [-0.05, 0) is 24.8 Å². The van der Waals surface area contributed by atoms with E-state index < -0.39 is 12.1 Å². The quantitative estimate of drug-likeness (QED) is 0.822. The number of rotatable bonds is 4. The van der Waals surface area contributed by atoms with Crippen LogP contribution in [0.15, 0.2) is 30.3 Å². The third kappa shape index (κ3) is 3.17. The first kappa shape index (κ1) is 14.5. The van der Waals surface area contributed by atoms with Crippen LogP contribution < -0.4 is 5.73 Å². The van der Waals surface area contributed by atoms with Crippen LogP contribution in [-0.2, 0) is 20.7 Å². The fourth-order valence-corrected chi connectivity index (χ4v) is 2.58. The van der Waals surface area contributed by atoms with E-state index in [1.54, 1.807) is 4.90 Å². The number of ether oxygens (including phenoxy) is 1. The van der Waals surface area contributed by atoms with Gasteiger partial charge in [-0.15, -0.1) is 0 Å². The van der Waals surface area contributed by atoms with Gasteiger partial charge in [-0.2, -0.15) is 0 Å². The third-order valence-corrected chi connectivity index (χ3v) is 3.62. The van der Waals surface area contributed by atoms with Gasteiger partial charge in [0.1, 0.15) is 6.04 Å². The third-order valence-electron chi connectivity index (χ3n) is 3.62. The minimum absolute atomic E-state index is 0.179. The number of carbonyl (C=O) groups is 2. The number of esters is 1. The van der Waals surface area contributed by atoms with Gasteiger partial charge in [0.05, 0.1) is 13.2 Å². The Morgan fingerprint density at radius 1 is 1.40 bits per heavy atom. The highest BCUT2D eigenvalue weighted by Crippen LogP contribution is 2.19. The molecule has 1 aliphatic heterocycles. The fourth-order valence-electron chi connectivity index (χ4n) is 2.58. The van der Waals surface area contributed by atoms with Crippen LogP contribution >= 0.6 is 0 Å². The molecular weight excluding hydrogens is 256 g/mol. The van der Waals surface area contributed by atoms with Crippen LogP contribution in [0.4, 0.5) is 0 Å². The van der Waals surface area contributed by atoms with Gasteiger partial charge in [-0.1, -0.05) is 30.3 Å². The van der Waals surface area contributed by atoms with Crippen molar-refractivity contribution < 1.29 is 14.3 Å². The Hall–Kier alpha value is -1.88. The SMILES string of the molecule is COC(=O)[C@@H]1CCCN1C(=O)C(N)Cc1ccccc1. The second-order valence-corrected chi connectivity index (χ2v) is 5.01. The Balaban J connectivity index is 2.01. The van der Waals surface area contributed by atoms with Gasteiger partial charge >= 0.3 is 5.97 Å². The zero-order chi connectivity index (χ0) is 14.5. The van der Waals surface area contributed by atoms with E-state index >= 15 is 0 Å². The molecule has 0 bridgehead atoms. The molecule has 1 saturated heterocycles. The molecule has 1 amide bonds. The number of amides is 1. The molecule has 1 aliphatic rings. The minimum atomic E-state index is -0.623. The predicted molar refractivity (Wildman–Crippen MR) is 74.9 cm³/mol. The predicted octanol–water partition coefficient (Wildman–Crippen LogP) is 0.720. The number of carbonyl (C=O) groups excluding carboxylic acids is 2. The number of methoxy groups -OCH3 is 1. The molecule has 1 aromatic rings. The van der Waals surface area contributed by atoms with Crippen LogP contribution in [0.2, 0.25) is 0 Å². The zero-order valence-electron chi connectivity index (χ0n) is 11.6. The summed E-state index contributed by atoms with van der Waals surface area (Å²) in [4.78, 5) is 25.6. The van der Waals surface area contributed by atoms with Crippen molar-refractivity contribution in [1.82, 2.24) is 4.90 Å².